The van der Waals surface area contributed by atoms with Gasteiger partial charge in [-0.1, -0.05) is 36.4 Å². The van der Waals surface area contributed by atoms with E-state index in [1.807, 2.05) is 41.7 Å². The highest BCUT2D eigenvalue weighted by Crippen LogP contribution is 2.25. The van der Waals surface area contributed by atoms with Crippen molar-refractivity contribution in [1.82, 2.24) is 15.1 Å². The van der Waals surface area contributed by atoms with Crippen LogP contribution in [0.15, 0.2) is 82.1 Å². The third kappa shape index (κ3) is 5.33. The van der Waals surface area contributed by atoms with Crippen molar-refractivity contribution < 1.29 is 23.5 Å². The first-order valence-electron chi connectivity index (χ1n) is 10.5. The number of esters is 1. The second-order valence-electron chi connectivity index (χ2n) is 7.46. The molecular formula is C25H20N4O6. The van der Waals surface area contributed by atoms with Crippen molar-refractivity contribution in [3.05, 3.63) is 88.9 Å². The van der Waals surface area contributed by atoms with Gasteiger partial charge in [0.15, 0.2) is 6.10 Å². The summed E-state index contributed by atoms with van der Waals surface area (Å²) in [6.45, 7) is 1.29. The number of hydrogen-bond donors (Lipinski definition) is 2. The number of imide groups is 1. The highest BCUT2D eigenvalue weighted by Gasteiger charge is 2.19. The summed E-state index contributed by atoms with van der Waals surface area (Å²) in [6.07, 6.45) is 2.90. The Labute approximate surface area is 198 Å². The van der Waals surface area contributed by atoms with Crippen LogP contribution in [0.3, 0.4) is 0 Å². The van der Waals surface area contributed by atoms with E-state index in [1.54, 1.807) is 35.1 Å². The summed E-state index contributed by atoms with van der Waals surface area (Å²) in [4.78, 5) is 47.6. The summed E-state index contributed by atoms with van der Waals surface area (Å²) in [6, 6.07) is 16.9. The number of primary amides is 1. The molecule has 4 rings (SSSR count). The maximum atomic E-state index is 12.8. The molecule has 0 saturated heterocycles. The molecule has 4 aromatic rings. The van der Waals surface area contributed by atoms with Gasteiger partial charge in [0, 0.05) is 23.2 Å². The predicted molar refractivity (Wildman–Crippen MR) is 127 cm³/mol. The van der Waals surface area contributed by atoms with Crippen molar-refractivity contribution in [2.45, 2.75) is 13.0 Å². The van der Waals surface area contributed by atoms with Gasteiger partial charge in [0.1, 0.15) is 11.3 Å². The summed E-state index contributed by atoms with van der Waals surface area (Å²) in [5.41, 5.74) is 6.41. The van der Waals surface area contributed by atoms with Crippen LogP contribution in [0, 0.1) is 0 Å². The number of carbonyl (C=O) groups excluding carboxylic acids is 3. The summed E-state index contributed by atoms with van der Waals surface area (Å²) in [7, 11) is 0. The number of fused-ring (bicyclic) bond motifs is 1. The first-order chi connectivity index (χ1) is 16.8. The molecule has 10 nitrogen and oxygen atoms in total. The first-order valence-corrected chi connectivity index (χ1v) is 10.5. The molecular weight excluding hydrogens is 452 g/mol. The second-order valence-corrected chi connectivity index (χ2v) is 7.46. The van der Waals surface area contributed by atoms with Gasteiger partial charge >= 0.3 is 17.6 Å². The van der Waals surface area contributed by atoms with Crippen molar-refractivity contribution in [2.75, 3.05) is 0 Å². The zero-order chi connectivity index (χ0) is 24.9. The highest BCUT2D eigenvalue weighted by atomic mass is 16.5. The Morgan fingerprint density at radius 1 is 1.11 bits per heavy atom. The summed E-state index contributed by atoms with van der Waals surface area (Å²) >= 11 is 0. The fourth-order valence-corrected chi connectivity index (χ4v) is 3.31. The van der Waals surface area contributed by atoms with Gasteiger partial charge in [0.05, 0.1) is 11.3 Å². The number of nitrogens with zero attached hydrogens (tertiary/aromatic N) is 2. The number of hydrogen-bond acceptors (Lipinski definition) is 7. The molecule has 0 radical (unpaired) electrons. The number of nitrogens with one attached hydrogen (secondary N) is 1. The molecule has 0 unspecified atom stereocenters. The van der Waals surface area contributed by atoms with Crippen molar-refractivity contribution in [3.63, 3.8) is 0 Å². The number of amides is 3. The van der Waals surface area contributed by atoms with Crippen LogP contribution in [0.5, 0.6) is 0 Å². The molecule has 35 heavy (non-hydrogen) atoms. The zero-order valence-electron chi connectivity index (χ0n) is 18.5. The molecule has 1 atom stereocenters. The molecule has 0 saturated carbocycles. The molecule has 0 aliphatic rings. The van der Waals surface area contributed by atoms with Gasteiger partial charge in [-0.05, 0) is 37.3 Å². The maximum Gasteiger partial charge on any atom is 0.345 e. The van der Waals surface area contributed by atoms with Crippen LogP contribution in [-0.4, -0.2) is 33.8 Å². The van der Waals surface area contributed by atoms with Crippen LogP contribution in [0.4, 0.5) is 4.79 Å². The number of nitrogens with two attached hydrogens (primary N) is 1. The molecule has 2 aromatic carbocycles. The molecule has 0 spiro atoms. The molecule has 176 valence electrons. The third-order valence-corrected chi connectivity index (χ3v) is 4.97. The van der Waals surface area contributed by atoms with Crippen LogP contribution < -0.4 is 16.7 Å². The SMILES string of the molecule is C[C@@H](OC(=O)/C=C/c1cn(-c2ccccc2)nc1-c1cc2ccccc2oc1=O)C(=O)NC(N)=O. The number of ether oxygens (including phenoxy) is 1. The number of rotatable bonds is 6. The second kappa shape index (κ2) is 9.87. The number of benzene rings is 2. The van der Waals surface area contributed by atoms with Crippen molar-refractivity contribution in [3.8, 4) is 16.9 Å². The number of urea groups is 1. The van der Waals surface area contributed by atoms with Crippen LogP contribution in [-0.2, 0) is 14.3 Å². The number of carbonyl (C=O) groups is 3. The average molecular weight is 472 g/mol. The number of aromatic nitrogens is 2. The monoisotopic (exact) mass is 472 g/mol. The van der Waals surface area contributed by atoms with E-state index >= 15 is 0 Å². The van der Waals surface area contributed by atoms with Gasteiger partial charge in [-0.3, -0.25) is 10.1 Å². The van der Waals surface area contributed by atoms with Crippen LogP contribution in [0.2, 0.25) is 0 Å². The fraction of sp³-hybridized carbons (Fsp3) is 0.0800. The normalized spacial score (nSPS) is 11.9. The molecule has 0 fully saturated rings. The average Bonchev–Trinajstić information content (AvgIpc) is 3.26. The molecule has 0 aliphatic carbocycles. The van der Waals surface area contributed by atoms with E-state index in [1.165, 1.54) is 13.0 Å². The van der Waals surface area contributed by atoms with Crippen LogP contribution in [0.1, 0.15) is 12.5 Å². The van der Waals surface area contributed by atoms with E-state index in [2.05, 4.69) is 5.10 Å². The Balaban J connectivity index is 1.70. The van der Waals surface area contributed by atoms with Crippen molar-refractivity contribution >= 4 is 35.0 Å². The fourth-order valence-electron chi connectivity index (χ4n) is 3.31. The quantitative estimate of drug-likeness (QED) is 0.249. The van der Waals surface area contributed by atoms with E-state index in [4.69, 9.17) is 14.9 Å². The molecule has 2 heterocycles. The predicted octanol–water partition coefficient (Wildman–Crippen LogP) is 2.79. The molecule has 10 heteroatoms. The van der Waals surface area contributed by atoms with Gasteiger partial charge < -0.3 is 14.9 Å². The van der Waals surface area contributed by atoms with Crippen LogP contribution in [0.25, 0.3) is 34.0 Å². The molecule has 2 aromatic heterocycles. The molecule has 0 aliphatic heterocycles. The Hall–Kier alpha value is -4.99. The van der Waals surface area contributed by atoms with Gasteiger partial charge in [-0.2, -0.15) is 5.10 Å². The van der Waals surface area contributed by atoms with E-state index in [9.17, 15) is 19.2 Å². The van der Waals surface area contributed by atoms with E-state index in [-0.39, 0.29) is 11.3 Å². The van der Waals surface area contributed by atoms with E-state index in [0.717, 1.165) is 11.8 Å². The Bertz CT molecular complexity index is 1500. The van der Waals surface area contributed by atoms with Gasteiger partial charge in [-0.15, -0.1) is 0 Å². The minimum Gasteiger partial charge on any atom is -0.449 e. The van der Waals surface area contributed by atoms with E-state index in [0.29, 0.717) is 16.5 Å². The largest absolute Gasteiger partial charge is 0.449 e. The zero-order valence-corrected chi connectivity index (χ0v) is 18.5. The highest BCUT2D eigenvalue weighted by molar-refractivity contribution is 5.97. The Morgan fingerprint density at radius 2 is 1.83 bits per heavy atom. The molecule has 0 bridgehead atoms. The number of para-hydroxylation sites is 2. The lowest BCUT2D eigenvalue weighted by Crippen LogP contribution is -2.42. The lowest BCUT2D eigenvalue weighted by atomic mass is 10.1. The molecule has 3 N–H and O–H groups in total. The Morgan fingerprint density at radius 3 is 2.57 bits per heavy atom. The third-order valence-electron chi connectivity index (χ3n) is 4.97. The maximum absolute atomic E-state index is 12.8. The topological polar surface area (TPSA) is 147 Å². The van der Waals surface area contributed by atoms with Crippen molar-refractivity contribution in [2.24, 2.45) is 5.73 Å². The summed E-state index contributed by atoms with van der Waals surface area (Å²) in [5.74, 6) is -1.70. The van der Waals surface area contributed by atoms with Crippen molar-refractivity contribution in [1.29, 1.82) is 0 Å². The minimum atomic E-state index is -1.25. The lowest BCUT2D eigenvalue weighted by Gasteiger charge is -2.10. The lowest BCUT2D eigenvalue weighted by molar-refractivity contribution is -0.149. The summed E-state index contributed by atoms with van der Waals surface area (Å²) < 4.78 is 12.0. The molecule has 3 amide bonds. The van der Waals surface area contributed by atoms with Gasteiger partial charge in [-0.25, -0.2) is 19.1 Å². The minimum absolute atomic E-state index is 0.209. The van der Waals surface area contributed by atoms with Crippen LogP contribution >= 0.6 is 0 Å². The first kappa shape index (κ1) is 23.2. The van der Waals surface area contributed by atoms with Gasteiger partial charge in [0.2, 0.25) is 0 Å². The Kier molecular flexibility index (Phi) is 6.54. The van der Waals surface area contributed by atoms with E-state index < -0.39 is 29.6 Å². The van der Waals surface area contributed by atoms with Gasteiger partial charge in [0.25, 0.3) is 5.91 Å². The smallest absolute Gasteiger partial charge is 0.345 e. The standard InChI is InChI=1S/C25H20N4O6/c1-15(23(31)27-25(26)33)34-21(30)12-11-17-14-29(18-8-3-2-4-9-18)28-22(17)19-13-16-7-5-6-10-20(16)35-24(19)32/h2-15H,1H3,(H3,26,27,31,33)/b12-11+/t15-/m1/s1. The summed E-state index contributed by atoms with van der Waals surface area (Å²) in [5, 5.41) is 7.10.